The van der Waals surface area contributed by atoms with E-state index in [1.54, 1.807) is 31.2 Å². The molecule has 1 aliphatic rings. The number of alkyl halides is 2. The summed E-state index contributed by atoms with van der Waals surface area (Å²) in [6, 6.07) is 9.49. The molecule has 11 heteroatoms. The van der Waals surface area contributed by atoms with Gasteiger partial charge in [-0.05, 0) is 36.8 Å². The zero-order chi connectivity index (χ0) is 24.9. The Hall–Kier alpha value is -4.07. The molecule has 178 valence electrons. The van der Waals surface area contributed by atoms with Gasteiger partial charge in [-0.15, -0.1) is 0 Å². The van der Waals surface area contributed by atoms with E-state index in [1.165, 1.54) is 25.6 Å². The number of likely N-dealkylation sites (tertiary alicyclic amines) is 1. The third-order valence-corrected chi connectivity index (χ3v) is 5.62. The molecule has 0 spiro atoms. The van der Waals surface area contributed by atoms with Gasteiger partial charge in [0.15, 0.2) is 0 Å². The maximum atomic E-state index is 14.0. The fourth-order valence-electron chi connectivity index (χ4n) is 3.76. The van der Waals surface area contributed by atoms with Crippen molar-refractivity contribution in [3.05, 3.63) is 53.9 Å². The predicted molar refractivity (Wildman–Crippen MR) is 117 cm³/mol. The second-order valence-electron chi connectivity index (χ2n) is 7.80. The van der Waals surface area contributed by atoms with E-state index in [4.69, 9.17) is 4.74 Å². The Labute approximate surface area is 194 Å². The van der Waals surface area contributed by atoms with Crippen molar-refractivity contribution in [1.29, 1.82) is 5.26 Å². The Morgan fingerprint density at radius 1 is 1.21 bits per heavy atom. The summed E-state index contributed by atoms with van der Waals surface area (Å²) in [5.41, 5.74) is -1.19. The summed E-state index contributed by atoms with van der Waals surface area (Å²) in [7, 11) is 1.50. The van der Waals surface area contributed by atoms with Crippen molar-refractivity contribution in [2.75, 3.05) is 25.5 Å². The summed E-state index contributed by atoms with van der Waals surface area (Å²) >= 11 is 0. The monoisotopic (exact) mass is 471 g/mol. The van der Waals surface area contributed by atoms with E-state index in [2.05, 4.69) is 15.6 Å². The van der Waals surface area contributed by atoms with Crippen LogP contribution in [0.2, 0.25) is 0 Å². The zero-order valence-corrected chi connectivity index (χ0v) is 18.6. The van der Waals surface area contributed by atoms with Gasteiger partial charge in [0.25, 0.3) is 17.7 Å². The van der Waals surface area contributed by atoms with Crippen LogP contribution in [0.5, 0.6) is 5.75 Å². The van der Waals surface area contributed by atoms with Crippen LogP contribution in [0.15, 0.2) is 42.7 Å². The number of halogens is 2. The number of hydrogen-bond acceptors (Lipinski definition) is 6. The molecule has 2 heterocycles. The second-order valence-corrected chi connectivity index (χ2v) is 7.80. The lowest BCUT2D eigenvalue weighted by molar-refractivity contribution is -0.133. The first-order chi connectivity index (χ1) is 16.1. The van der Waals surface area contributed by atoms with E-state index in [1.807, 2.05) is 6.07 Å². The number of amides is 3. The topological polar surface area (TPSA) is 124 Å². The van der Waals surface area contributed by atoms with E-state index in [0.29, 0.717) is 11.3 Å². The number of rotatable bonds is 7. The molecule has 1 atom stereocenters. The van der Waals surface area contributed by atoms with Crippen LogP contribution in [0, 0.1) is 11.3 Å². The van der Waals surface area contributed by atoms with Gasteiger partial charge in [0.05, 0.1) is 43.7 Å². The van der Waals surface area contributed by atoms with Gasteiger partial charge in [-0.1, -0.05) is 6.92 Å². The first-order valence-electron chi connectivity index (χ1n) is 10.4. The average Bonchev–Trinajstić information content (AvgIpc) is 3.13. The van der Waals surface area contributed by atoms with Crippen molar-refractivity contribution in [2.24, 2.45) is 0 Å². The van der Waals surface area contributed by atoms with E-state index in [9.17, 15) is 28.4 Å². The number of benzene rings is 1. The second kappa shape index (κ2) is 9.82. The molecule has 2 aromatic rings. The smallest absolute Gasteiger partial charge is 0.268 e. The summed E-state index contributed by atoms with van der Waals surface area (Å²) in [6.07, 6.45) is 1.89. The van der Waals surface area contributed by atoms with Gasteiger partial charge in [0.2, 0.25) is 5.91 Å². The lowest BCUT2D eigenvalue weighted by Gasteiger charge is -2.30. The third-order valence-electron chi connectivity index (χ3n) is 5.62. The van der Waals surface area contributed by atoms with Crippen LogP contribution in [0.4, 0.5) is 14.5 Å². The highest BCUT2D eigenvalue weighted by molar-refractivity contribution is 6.09. The number of methoxy groups -OCH3 is 1. The number of carbonyl (C=O) groups is 3. The number of pyridine rings is 1. The zero-order valence-electron chi connectivity index (χ0n) is 18.6. The Morgan fingerprint density at radius 2 is 1.91 bits per heavy atom. The van der Waals surface area contributed by atoms with Crippen molar-refractivity contribution in [3.63, 3.8) is 0 Å². The standard InChI is InChI=1S/C23H23F2N5O4/c1-3-22(13-26)12-23(24,25)14-30(22)19(31)11-28-21(33)17-8-9-27-10-18(17)29-20(32)15-4-6-16(34-2)7-5-15/h4-10H,3,11-12,14H2,1-2H3,(H,28,33)(H,29,32)/t22-/m0/s1. The van der Waals surface area contributed by atoms with E-state index in [-0.39, 0.29) is 17.7 Å². The Kier molecular flexibility index (Phi) is 7.10. The highest BCUT2D eigenvalue weighted by atomic mass is 19.3. The van der Waals surface area contributed by atoms with Gasteiger partial charge < -0.3 is 20.3 Å². The minimum atomic E-state index is -3.19. The molecule has 1 aromatic heterocycles. The molecule has 0 unspecified atom stereocenters. The van der Waals surface area contributed by atoms with Crippen molar-refractivity contribution >= 4 is 23.4 Å². The van der Waals surface area contributed by atoms with Gasteiger partial charge in [0, 0.05) is 18.2 Å². The van der Waals surface area contributed by atoms with Crippen LogP contribution in [-0.4, -0.2) is 59.3 Å². The molecule has 0 saturated carbocycles. The maximum absolute atomic E-state index is 14.0. The Bertz CT molecular complexity index is 1130. The summed E-state index contributed by atoms with van der Waals surface area (Å²) in [5, 5.41) is 14.4. The van der Waals surface area contributed by atoms with Crippen LogP contribution in [0.25, 0.3) is 0 Å². The van der Waals surface area contributed by atoms with Crippen LogP contribution in [0.3, 0.4) is 0 Å². The average molecular weight is 471 g/mol. The molecule has 1 aliphatic heterocycles. The number of aromatic nitrogens is 1. The SMILES string of the molecule is CC[C@@]1(C#N)CC(F)(F)CN1C(=O)CNC(=O)c1ccncc1NC(=O)c1ccc(OC)cc1. The lowest BCUT2D eigenvalue weighted by Crippen LogP contribution is -2.49. The van der Waals surface area contributed by atoms with Gasteiger partial charge in [-0.25, -0.2) is 8.78 Å². The third kappa shape index (κ3) is 5.11. The molecule has 3 rings (SSSR count). The highest BCUT2D eigenvalue weighted by Gasteiger charge is 2.56. The number of carbonyl (C=O) groups excluding carboxylic acids is 3. The molecule has 1 fully saturated rings. The number of ether oxygens (including phenoxy) is 1. The van der Waals surface area contributed by atoms with Gasteiger partial charge in [-0.3, -0.25) is 19.4 Å². The van der Waals surface area contributed by atoms with Crippen LogP contribution in [0.1, 0.15) is 40.5 Å². The van der Waals surface area contributed by atoms with Crippen molar-refractivity contribution in [3.8, 4) is 11.8 Å². The van der Waals surface area contributed by atoms with Gasteiger partial charge >= 0.3 is 0 Å². The molecule has 1 aromatic carbocycles. The minimum Gasteiger partial charge on any atom is -0.497 e. The fraction of sp³-hybridized carbons (Fsp3) is 0.348. The molecule has 2 N–H and O–H groups in total. The fourth-order valence-corrected chi connectivity index (χ4v) is 3.76. The summed E-state index contributed by atoms with van der Waals surface area (Å²) in [4.78, 5) is 42.6. The number of anilines is 1. The van der Waals surface area contributed by atoms with Crippen molar-refractivity contribution in [1.82, 2.24) is 15.2 Å². The van der Waals surface area contributed by atoms with Crippen LogP contribution >= 0.6 is 0 Å². The molecular formula is C23H23F2N5O4. The summed E-state index contributed by atoms with van der Waals surface area (Å²) in [6.45, 7) is 0.0757. The molecular weight excluding hydrogens is 448 g/mol. The number of nitriles is 1. The summed E-state index contributed by atoms with van der Waals surface area (Å²) in [5.74, 6) is -4.63. The van der Waals surface area contributed by atoms with Crippen molar-refractivity contribution < 1.29 is 27.9 Å². The molecule has 3 amide bonds. The highest BCUT2D eigenvalue weighted by Crippen LogP contribution is 2.41. The first-order valence-corrected chi connectivity index (χ1v) is 10.4. The van der Waals surface area contributed by atoms with E-state index < -0.39 is 48.7 Å². The largest absolute Gasteiger partial charge is 0.497 e. The predicted octanol–water partition coefficient (Wildman–Crippen LogP) is 2.61. The maximum Gasteiger partial charge on any atom is 0.268 e. The minimum absolute atomic E-state index is 0.0263. The van der Waals surface area contributed by atoms with Crippen LogP contribution < -0.4 is 15.4 Å². The van der Waals surface area contributed by atoms with Gasteiger partial charge in [-0.2, -0.15) is 5.26 Å². The van der Waals surface area contributed by atoms with Crippen molar-refractivity contribution in [2.45, 2.75) is 31.2 Å². The molecule has 34 heavy (non-hydrogen) atoms. The molecule has 0 aliphatic carbocycles. The molecule has 0 radical (unpaired) electrons. The quantitative estimate of drug-likeness (QED) is 0.640. The molecule has 1 saturated heterocycles. The van der Waals surface area contributed by atoms with Gasteiger partial charge in [0.1, 0.15) is 11.3 Å². The Morgan fingerprint density at radius 3 is 2.53 bits per heavy atom. The van der Waals surface area contributed by atoms with Crippen LogP contribution in [-0.2, 0) is 4.79 Å². The lowest BCUT2D eigenvalue weighted by atomic mass is 9.94. The Balaban J connectivity index is 1.69. The van der Waals surface area contributed by atoms with E-state index >= 15 is 0 Å². The number of nitrogens with one attached hydrogen (secondary N) is 2. The molecule has 0 bridgehead atoms. The summed E-state index contributed by atoms with van der Waals surface area (Å²) < 4.78 is 33.0. The first kappa shape index (κ1) is 24.6. The van der Waals surface area contributed by atoms with E-state index in [0.717, 1.165) is 4.90 Å². The normalized spacial score (nSPS) is 18.6. The number of nitrogens with zero attached hydrogens (tertiary/aromatic N) is 3. The number of hydrogen-bond donors (Lipinski definition) is 2. The molecule has 9 nitrogen and oxygen atoms in total.